The van der Waals surface area contributed by atoms with Crippen molar-refractivity contribution >= 4 is 121 Å². The molecule has 0 aliphatic heterocycles. The van der Waals surface area contributed by atoms with Crippen LogP contribution in [-0.2, 0) is 8.26 Å². The summed E-state index contributed by atoms with van der Waals surface area (Å²) in [5, 5.41) is 3.44. The highest BCUT2D eigenvalue weighted by atomic mass is 36.0. The number of nitrogens with zero attached hydrogens (tertiary/aromatic N) is 4. The maximum atomic E-state index is 9.16. The maximum Gasteiger partial charge on any atom is 0.317 e. The zero-order valence-electron chi connectivity index (χ0n) is 26.4. The minimum Gasteiger partial charge on any atom is -0.497 e. The molecule has 2 heterocycles. The van der Waals surface area contributed by atoms with Crippen LogP contribution in [-0.4, -0.2) is 56.8 Å². The lowest BCUT2D eigenvalue weighted by atomic mass is 10.0. The van der Waals surface area contributed by atoms with Crippen LogP contribution in [0.5, 0.6) is 23.0 Å². The normalized spacial score (nSPS) is 10.9. The van der Waals surface area contributed by atoms with Gasteiger partial charge in [-0.05, 0) is 76.3 Å². The summed E-state index contributed by atoms with van der Waals surface area (Å²) in [6, 6.07) is 14.6. The van der Waals surface area contributed by atoms with Gasteiger partial charge in [-0.1, -0.05) is 46.4 Å². The fourth-order valence-electron chi connectivity index (χ4n) is 4.59. The van der Waals surface area contributed by atoms with Crippen molar-refractivity contribution in [3.05, 3.63) is 91.6 Å². The van der Waals surface area contributed by atoms with Gasteiger partial charge < -0.3 is 18.9 Å². The van der Waals surface area contributed by atoms with Gasteiger partial charge in [-0.3, -0.25) is 0 Å². The molecular weight excluding hydrogens is 852 g/mol. The van der Waals surface area contributed by atoms with Crippen molar-refractivity contribution in [2.45, 2.75) is 0 Å². The van der Waals surface area contributed by atoms with Crippen molar-refractivity contribution in [3.63, 3.8) is 0 Å². The van der Waals surface area contributed by atoms with Crippen LogP contribution in [0, 0.1) is 0 Å². The molecule has 19 heteroatoms. The van der Waals surface area contributed by atoms with Crippen molar-refractivity contribution in [1.29, 1.82) is 0 Å². The highest BCUT2D eigenvalue weighted by Gasteiger charge is 2.20. The number of hydrogen-bond acceptors (Lipinski definition) is 10. The number of methoxy groups -OCH3 is 4. The summed E-state index contributed by atoms with van der Waals surface area (Å²) in [5.74, 6) is 2.30. The second kappa shape index (κ2) is 17.7. The standard InChI is InChI=1S/C16H10Cl4N2O2.C16H12Cl2N2O2.Cl2O2S/c1-23-10-5-11(24-2)14(19)12(13(10)18)7-3-8-6-21-16(20)22-15(8)9(17)4-7;1-21-12-4-10(5-13(7-12)22-2)9-3-11-8-19-16(18)20-15(11)14(17)6-9;1-5(2,3)4/h3-6H,1-2H3;3-8H,1-2H3;. The molecule has 0 spiro atoms. The van der Waals surface area contributed by atoms with E-state index in [0.29, 0.717) is 70.6 Å². The monoisotopic (exact) mass is 870 g/mol. The van der Waals surface area contributed by atoms with Crippen molar-refractivity contribution in [2.75, 3.05) is 28.4 Å². The molecule has 0 aliphatic rings. The number of hydrogen-bond donors (Lipinski definition) is 0. The highest BCUT2D eigenvalue weighted by molar-refractivity contribution is 8.31. The predicted molar refractivity (Wildman–Crippen MR) is 207 cm³/mol. The number of rotatable bonds is 6. The zero-order valence-corrected chi connectivity index (χ0v) is 33.3. The van der Waals surface area contributed by atoms with Crippen LogP contribution in [0.3, 0.4) is 0 Å². The Balaban J connectivity index is 0.000000203. The Morgan fingerprint density at radius 2 is 0.922 bits per heavy atom. The number of halogens is 8. The number of ether oxygens (including phenoxy) is 4. The van der Waals surface area contributed by atoms with Crippen molar-refractivity contribution in [3.8, 4) is 45.3 Å². The van der Waals surface area contributed by atoms with E-state index in [1.54, 1.807) is 38.7 Å². The number of benzene rings is 4. The van der Waals surface area contributed by atoms with Gasteiger partial charge in [0.2, 0.25) is 10.6 Å². The van der Waals surface area contributed by atoms with E-state index in [0.717, 1.165) is 16.5 Å². The summed E-state index contributed by atoms with van der Waals surface area (Å²) in [6.07, 6.45) is 3.23. The fourth-order valence-corrected chi connectivity index (χ4v) is 6.11. The van der Waals surface area contributed by atoms with Gasteiger partial charge in [0.05, 0.1) is 59.6 Å². The fraction of sp³-hybridized carbons (Fsp3) is 0.125. The maximum absolute atomic E-state index is 9.16. The second-order valence-electron chi connectivity index (χ2n) is 9.83. The molecule has 10 nitrogen and oxygen atoms in total. The molecule has 0 fully saturated rings. The first-order chi connectivity index (χ1) is 24.1. The van der Waals surface area contributed by atoms with Crippen LogP contribution in [0.15, 0.2) is 60.9 Å². The molecule has 0 unspecified atom stereocenters. The van der Waals surface area contributed by atoms with Gasteiger partial charge in [0, 0.05) is 62.2 Å². The van der Waals surface area contributed by atoms with Crippen LogP contribution in [0.1, 0.15) is 0 Å². The lowest BCUT2D eigenvalue weighted by Gasteiger charge is -2.15. The third kappa shape index (κ3) is 10.6. The van der Waals surface area contributed by atoms with E-state index in [9.17, 15) is 0 Å². The largest absolute Gasteiger partial charge is 0.497 e. The van der Waals surface area contributed by atoms with Gasteiger partial charge in [-0.25, -0.2) is 19.9 Å². The summed E-state index contributed by atoms with van der Waals surface area (Å²) in [7, 11) is 11.1. The molecule has 0 saturated heterocycles. The van der Waals surface area contributed by atoms with E-state index in [1.807, 2.05) is 36.4 Å². The van der Waals surface area contributed by atoms with Crippen LogP contribution in [0.2, 0.25) is 30.7 Å². The quantitative estimate of drug-likeness (QED) is 0.118. The van der Waals surface area contributed by atoms with E-state index >= 15 is 0 Å². The first-order valence-electron chi connectivity index (χ1n) is 13.8. The summed E-state index contributed by atoms with van der Waals surface area (Å²) >= 11 is 37.2. The summed E-state index contributed by atoms with van der Waals surface area (Å²) in [6.45, 7) is 0. The lowest BCUT2D eigenvalue weighted by Crippen LogP contribution is -1.94. The van der Waals surface area contributed by atoms with Gasteiger partial charge in [0.15, 0.2) is 0 Å². The first-order valence-corrected chi connectivity index (χ1v) is 19.2. The lowest BCUT2D eigenvalue weighted by molar-refractivity contribution is 0.394. The molecular formula is C32H22Cl8N4O6S. The Morgan fingerprint density at radius 3 is 1.33 bits per heavy atom. The topological polar surface area (TPSA) is 123 Å². The van der Waals surface area contributed by atoms with Gasteiger partial charge in [0.1, 0.15) is 23.0 Å². The van der Waals surface area contributed by atoms with Gasteiger partial charge in [-0.15, -0.1) is 0 Å². The second-order valence-corrected chi connectivity index (χ2v) is 15.7. The van der Waals surface area contributed by atoms with Crippen LogP contribution in [0.4, 0.5) is 0 Å². The SMILES string of the molecule is COc1cc(OC)c(Cl)c(-c2cc(Cl)c3nc(Cl)ncc3c2)c1Cl.COc1cc(OC)cc(-c2cc(Cl)c3nc(Cl)ncc3c2)c1.O=S(=O)(Cl)Cl. The minimum atomic E-state index is -3.72. The average molecular weight is 874 g/mol. The molecule has 0 aliphatic carbocycles. The van der Waals surface area contributed by atoms with Crippen LogP contribution in [0.25, 0.3) is 44.1 Å². The minimum absolute atomic E-state index is 0.122. The van der Waals surface area contributed by atoms with Crippen LogP contribution >= 0.6 is 91.0 Å². The van der Waals surface area contributed by atoms with Gasteiger partial charge in [-0.2, -0.15) is 8.42 Å². The number of fused-ring (bicyclic) bond motifs is 2. The Labute approximate surface area is 331 Å². The summed E-state index contributed by atoms with van der Waals surface area (Å²) in [5.41, 5.74) is 4.25. The van der Waals surface area contributed by atoms with E-state index in [2.05, 4.69) is 41.3 Å². The molecule has 0 N–H and O–H groups in total. The predicted octanol–water partition coefficient (Wildman–Crippen LogP) is 11.3. The van der Waals surface area contributed by atoms with E-state index in [1.165, 1.54) is 14.2 Å². The zero-order chi connectivity index (χ0) is 37.6. The Kier molecular flexibility index (Phi) is 14.2. The molecule has 0 bridgehead atoms. The van der Waals surface area contributed by atoms with Gasteiger partial charge >= 0.3 is 8.26 Å². The van der Waals surface area contributed by atoms with Crippen molar-refractivity contribution in [1.82, 2.24) is 19.9 Å². The molecule has 0 radical (unpaired) electrons. The third-order valence-electron chi connectivity index (χ3n) is 6.76. The molecule has 0 saturated carbocycles. The van der Waals surface area contributed by atoms with E-state index in [-0.39, 0.29) is 10.6 Å². The van der Waals surface area contributed by atoms with E-state index < -0.39 is 8.26 Å². The molecule has 6 rings (SSSR count). The summed E-state index contributed by atoms with van der Waals surface area (Å²) < 4.78 is 39.5. The highest BCUT2D eigenvalue weighted by Crippen LogP contribution is 2.47. The smallest absolute Gasteiger partial charge is 0.317 e. The molecule has 0 atom stereocenters. The number of aromatic nitrogens is 4. The van der Waals surface area contributed by atoms with Crippen molar-refractivity contribution in [2.24, 2.45) is 0 Å². The third-order valence-corrected chi connectivity index (χ3v) is 8.45. The Hall–Kier alpha value is -2.97. The van der Waals surface area contributed by atoms with E-state index in [4.69, 9.17) is 97.0 Å². The molecule has 0 amide bonds. The average Bonchev–Trinajstić information content (AvgIpc) is 3.08. The Bertz CT molecular complexity index is 2290. The summed E-state index contributed by atoms with van der Waals surface area (Å²) in [4.78, 5) is 16.3. The van der Waals surface area contributed by atoms with Crippen LogP contribution < -0.4 is 18.9 Å². The Morgan fingerprint density at radius 1 is 0.529 bits per heavy atom. The molecule has 4 aromatic carbocycles. The molecule has 268 valence electrons. The first kappa shape index (κ1) is 40.8. The molecule has 2 aromatic heterocycles. The van der Waals surface area contributed by atoms with Crippen molar-refractivity contribution < 1.29 is 27.4 Å². The molecule has 6 aromatic rings. The van der Waals surface area contributed by atoms with Gasteiger partial charge in [0.25, 0.3) is 0 Å². The molecule has 51 heavy (non-hydrogen) atoms.